The number of likely N-dealkylation sites (N-methyl/N-ethyl adjacent to an activating group) is 1. The summed E-state index contributed by atoms with van der Waals surface area (Å²) < 4.78 is 0. The van der Waals surface area contributed by atoms with Gasteiger partial charge in [-0.05, 0) is 37.6 Å². The molecular formula is C12H28N2OS. The standard InChI is InChI=1S/C12H28N2OS/c1-5-14(6-2)9-12(15)8-13-7-11(3)10-16-4/h11-13,15H,5-10H2,1-4H3. The first-order chi connectivity index (χ1) is 7.63. The van der Waals surface area contributed by atoms with Crippen LogP contribution in [0.3, 0.4) is 0 Å². The van der Waals surface area contributed by atoms with E-state index in [-0.39, 0.29) is 6.10 Å². The highest BCUT2D eigenvalue weighted by molar-refractivity contribution is 7.98. The summed E-state index contributed by atoms with van der Waals surface area (Å²) in [5, 5.41) is 13.1. The number of aliphatic hydroxyl groups is 1. The van der Waals surface area contributed by atoms with E-state index in [9.17, 15) is 5.11 Å². The summed E-state index contributed by atoms with van der Waals surface area (Å²) in [5.41, 5.74) is 0. The van der Waals surface area contributed by atoms with E-state index in [1.54, 1.807) is 0 Å². The third kappa shape index (κ3) is 8.39. The van der Waals surface area contributed by atoms with Crippen LogP contribution in [0, 0.1) is 5.92 Å². The number of aliphatic hydroxyl groups excluding tert-OH is 1. The molecule has 0 aromatic rings. The minimum atomic E-state index is -0.249. The van der Waals surface area contributed by atoms with Crippen molar-refractivity contribution >= 4 is 11.8 Å². The summed E-state index contributed by atoms with van der Waals surface area (Å²) in [5.74, 6) is 1.86. The maximum atomic E-state index is 9.82. The Kier molecular flexibility index (Phi) is 10.5. The van der Waals surface area contributed by atoms with Gasteiger partial charge in [0.15, 0.2) is 0 Å². The lowest BCUT2D eigenvalue weighted by Crippen LogP contribution is -2.39. The second-order valence-corrected chi connectivity index (χ2v) is 5.27. The molecule has 0 amide bonds. The first-order valence-electron chi connectivity index (χ1n) is 6.24. The van der Waals surface area contributed by atoms with E-state index in [1.165, 1.54) is 5.75 Å². The zero-order valence-corrected chi connectivity index (χ0v) is 12.0. The van der Waals surface area contributed by atoms with Gasteiger partial charge in [0.2, 0.25) is 0 Å². The number of hydrogen-bond acceptors (Lipinski definition) is 4. The summed E-state index contributed by atoms with van der Waals surface area (Å²) in [6, 6.07) is 0. The molecule has 0 aromatic carbocycles. The van der Waals surface area contributed by atoms with Crippen LogP contribution in [0.15, 0.2) is 0 Å². The molecule has 0 aliphatic heterocycles. The highest BCUT2D eigenvalue weighted by Crippen LogP contribution is 2.02. The van der Waals surface area contributed by atoms with Crippen LogP contribution in [-0.2, 0) is 0 Å². The maximum Gasteiger partial charge on any atom is 0.0791 e. The Morgan fingerprint density at radius 3 is 2.38 bits per heavy atom. The lowest BCUT2D eigenvalue weighted by Gasteiger charge is -2.22. The summed E-state index contributed by atoms with van der Waals surface area (Å²) in [6.45, 7) is 11.0. The fraction of sp³-hybridized carbons (Fsp3) is 1.00. The van der Waals surface area contributed by atoms with Crippen molar-refractivity contribution < 1.29 is 5.11 Å². The van der Waals surface area contributed by atoms with Crippen molar-refractivity contribution in [3.63, 3.8) is 0 Å². The lowest BCUT2D eigenvalue weighted by atomic mass is 10.2. The fourth-order valence-electron chi connectivity index (χ4n) is 1.68. The molecule has 4 heteroatoms. The molecule has 0 radical (unpaired) electrons. The number of nitrogens with zero attached hydrogens (tertiary/aromatic N) is 1. The van der Waals surface area contributed by atoms with Crippen molar-refractivity contribution in [3.05, 3.63) is 0 Å². The van der Waals surface area contributed by atoms with E-state index in [2.05, 4.69) is 37.2 Å². The molecule has 0 bridgehead atoms. The topological polar surface area (TPSA) is 35.5 Å². The summed E-state index contributed by atoms with van der Waals surface area (Å²) in [4.78, 5) is 2.25. The van der Waals surface area contributed by atoms with Crippen LogP contribution < -0.4 is 5.32 Å². The Hall–Kier alpha value is 0.230. The molecule has 0 aliphatic carbocycles. The minimum Gasteiger partial charge on any atom is -0.390 e. The van der Waals surface area contributed by atoms with Crippen LogP contribution in [0.5, 0.6) is 0 Å². The van der Waals surface area contributed by atoms with Crippen molar-refractivity contribution in [1.82, 2.24) is 10.2 Å². The number of thioether (sulfide) groups is 1. The highest BCUT2D eigenvalue weighted by atomic mass is 32.2. The van der Waals surface area contributed by atoms with Gasteiger partial charge >= 0.3 is 0 Å². The van der Waals surface area contributed by atoms with Gasteiger partial charge in [0.25, 0.3) is 0 Å². The molecule has 16 heavy (non-hydrogen) atoms. The second-order valence-electron chi connectivity index (χ2n) is 4.36. The van der Waals surface area contributed by atoms with Crippen molar-refractivity contribution in [2.45, 2.75) is 26.9 Å². The van der Waals surface area contributed by atoms with Gasteiger partial charge in [-0.25, -0.2) is 0 Å². The molecule has 0 aromatic heterocycles. The summed E-state index contributed by atoms with van der Waals surface area (Å²) in [6.07, 6.45) is 1.88. The van der Waals surface area contributed by atoms with E-state index in [0.29, 0.717) is 12.5 Å². The van der Waals surface area contributed by atoms with Crippen molar-refractivity contribution in [2.75, 3.05) is 44.7 Å². The van der Waals surface area contributed by atoms with E-state index >= 15 is 0 Å². The normalized spacial score (nSPS) is 15.4. The SMILES string of the molecule is CCN(CC)CC(O)CNCC(C)CSC. The largest absolute Gasteiger partial charge is 0.390 e. The number of nitrogens with one attached hydrogen (secondary N) is 1. The van der Waals surface area contributed by atoms with E-state index in [4.69, 9.17) is 0 Å². The molecule has 0 spiro atoms. The third-order valence-corrected chi connectivity index (χ3v) is 3.59. The Labute approximate surface area is 105 Å². The van der Waals surface area contributed by atoms with Gasteiger partial charge in [-0.15, -0.1) is 0 Å². The zero-order valence-electron chi connectivity index (χ0n) is 11.2. The third-order valence-electron chi connectivity index (χ3n) is 2.69. The molecule has 0 fully saturated rings. The fourth-order valence-corrected chi connectivity index (χ4v) is 2.37. The molecule has 2 unspecified atom stereocenters. The molecular weight excluding hydrogens is 220 g/mol. The van der Waals surface area contributed by atoms with Crippen LogP contribution in [0.2, 0.25) is 0 Å². The zero-order chi connectivity index (χ0) is 12.4. The van der Waals surface area contributed by atoms with E-state index in [1.807, 2.05) is 11.8 Å². The molecule has 0 rings (SSSR count). The number of rotatable bonds is 10. The van der Waals surface area contributed by atoms with E-state index in [0.717, 1.165) is 26.2 Å². The van der Waals surface area contributed by atoms with Gasteiger partial charge in [-0.2, -0.15) is 11.8 Å². The smallest absolute Gasteiger partial charge is 0.0791 e. The Balaban J connectivity index is 3.53. The molecule has 0 heterocycles. The molecule has 98 valence electrons. The van der Waals surface area contributed by atoms with Crippen molar-refractivity contribution in [1.29, 1.82) is 0 Å². The van der Waals surface area contributed by atoms with Gasteiger partial charge in [0, 0.05) is 13.1 Å². The van der Waals surface area contributed by atoms with Crippen LogP contribution >= 0.6 is 11.8 Å². The highest BCUT2D eigenvalue weighted by Gasteiger charge is 2.09. The van der Waals surface area contributed by atoms with Gasteiger partial charge in [-0.1, -0.05) is 20.8 Å². The average molecular weight is 248 g/mol. The summed E-state index contributed by atoms with van der Waals surface area (Å²) >= 11 is 1.88. The van der Waals surface area contributed by atoms with E-state index < -0.39 is 0 Å². The van der Waals surface area contributed by atoms with Gasteiger partial charge in [0.05, 0.1) is 6.10 Å². The predicted molar refractivity (Wildman–Crippen MR) is 74.2 cm³/mol. The van der Waals surface area contributed by atoms with Gasteiger partial charge < -0.3 is 15.3 Å². The van der Waals surface area contributed by atoms with Crippen LogP contribution in [0.4, 0.5) is 0 Å². The van der Waals surface area contributed by atoms with Crippen molar-refractivity contribution in [3.8, 4) is 0 Å². The predicted octanol–water partition coefficient (Wildman–Crippen LogP) is 1.28. The van der Waals surface area contributed by atoms with Gasteiger partial charge in [0.1, 0.15) is 0 Å². The Bertz CT molecular complexity index is 154. The Morgan fingerprint density at radius 2 is 1.88 bits per heavy atom. The lowest BCUT2D eigenvalue weighted by molar-refractivity contribution is 0.116. The molecule has 0 saturated heterocycles. The van der Waals surface area contributed by atoms with Crippen LogP contribution in [0.25, 0.3) is 0 Å². The maximum absolute atomic E-state index is 9.82. The van der Waals surface area contributed by atoms with Crippen molar-refractivity contribution in [2.24, 2.45) is 5.92 Å². The monoisotopic (exact) mass is 248 g/mol. The molecule has 3 nitrogen and oxygen atoms in total. The molecule has 2 N–H and O–H groups in total. The van der Waals surface area contributed by atoms with Gasteiger partial charge in [-0.3, -0.25) is 0 Å². The first kappa shape index (κ1) is 16.2. The Morgan fingerprint density at radius 1 is 1.25 bits per heavy atom. The first-order valence-corrected chi connectivity index (χ1v) is 7.63. The summed E-state index contributed by atoms with van der Waals surface area (Å²) in [7, 11) is 0. The average Bonchev–Trinajstić information content (AvgIpc) is 2.26. The van der Waals surface area contributed by atoms with Crippen LogP contribution in [-0.4, -0.2) is 60.8 Å². The molecule has 2 atom stereocenters. The second kappa shape index (κ2) is 10.4. The molecule has 0 aliphatic rings. The minimum absolute atomic E-state index is 0.249. The molecule has 0 saturated carbocycles. The number of hydrogen-bond donors (Lipinski definition) is 2. The van der Waals surface area contributed by atoms with Crippen LogP contribution in [0.1, 0.15) is 20.8 Å². The quantitative estimate of drug-likeness (QED) is 0.610.